The van der Waals surface area contributed by atoms with E-state index in [1.165, 1.54) is 0 Å². The molecular formula is C14H25N3O2. The standard InChI is InChI=1S/C14H25N3O2/c1-5-8-14(9-7-10-15-14)12-16-11(17-19-12)13(3,6-2)18-4/h15H,5-10H2,1-4H3. The molecule has 2 heterocycles. The van der Waals surface area contributed by atoms with Crippen LogP contribution in [0.5, 0.6) is 0 Å². The molecule has 2 atom stereocenters. The van der Waals surface area contributed by atoms with Crippen LogP contribution in [-0.2, 0) is 15.9 Å². The summed E-state index contributed by atoms with van der Waals surface area (Å²) in [5.74, 6) is 1.37. The van der Waals surface area contributed by atoms with Gasteiger partial charge in [-0.2, -0.15) is 4.98 Å². The zero-order chi connectivity index (χ0) is 13.9. The van der Waals surface area contributed by atoms with Crippen molar-refractivity contribution in [2.45, 2.75) is 64.0 Å². The van der Waals surface area contributed by atoms with E-state index in [9.17, 15) is 0 Å². The van der Waals surface area contributed by atoms with E-state index in [-0.39, 0.29) is 5.54 Å². The average Bonchev–Trinajstić information content (AvgIpc) is 3.07. The minimum absolute atomic E-state index is 0.123. The highest BCUT2D eigenvalue weighted by Gasteiger charge is 2.41. The van der Waals surface area contributed by atoms with Gasteiger partial charge >= 0.3 is 0 Å². The van der Waals surface area contributed by atoms with E-state index in [0.717, 1.165) is 44.5 Å². The van der Waals surface area contributed by atoms with Gasteiger partial charge in [0.1, 0.15) is 5.60 Å². The van der Waals surface area contributed by atoms with Crippen molar-refractivity contribution in [3.63, 3.8) is 0 Å². The summed E-state index contributed by atoms with van der Waals surface area (Å²) in [4.78, 5) is 4.63. The molecule has 5 heteroatoms. The molecule has 1 aliphatic heterocycles. The van der Waals surface area contributed by atoms with E-state index < -0.39 is 5.60 Å². The first-order valence-electron chi connectivity index (χ1n) is 7.25. The minimum Gasteiger partial charge on any atom is -0.370 e. The van der Waals surface area contributed by atoms with Gasteiger partial charge in [0.25, 0.3) is 0 Å². The third-order valence-corrected chi connectivity index (χ3v) is 4.35. The number of hydrogen-bond acceptors (Lipinski definition) is 5. The third-order valence-electron chi connectivity index (χ3n) is 4.35. The summed E-state index contributed by atoms with van der Waals surface area (Å²) in [5.41, 5.74) is -0.587. The highest BCUT2D eigenvalue weighted by atomic mass is 16.5. The largest absolute Gasteiger partial charge is 0.370 e. The predicted octanol–water partition coefficient (Wildman–Crippen LogP) is 2.72. The van der Waals surface area contributed by atoms with E-state index in [4.69, 9.17) is 9.26 Å². The predicted molar refractivity (Wildman–Crippen MR) is 72.8 cm³/mol. The van der Waals surface area contributed by atoms with Crippen molar-refractivity contribution in [2.24, 2.45) is 0 Å². The zero-order valence-electron chi connectivity index (χ0n) is 12.5. The van der Waals surface area contributed by atoms with Crippen molar-refractivity contribution in [3.05, 3.63) is 11.7 Å². The van der Waals surface area contributed by atoms with Crippen molar-refractivity contribution in [1.82, 2.24) is 15.5 Å². The van der Waals surface area contributed by atoms with E-state index >= 15 is 0 Å². The van der Waals surface area contributed by atoms with Gasteiger partial charge in [-0.15, -0.1) is 0 Å². The molecule has 2 unspecified atom stereocenters. The number of rotatable bonds is 6. The molecule has 1 aliphatic rings. The van der Waals surface area contributed by atoms with Gasteiger partial charge in [0.15, 0.2) is 0 Å². The highest BCUT2D eigenvalue weighted by molar-refractivity contribution is 5.09. The molecule has 0 aromatic carbocycles. The molecule has 1 N–H and O–H groups in total. The van der Waals surface area contributed by atoms with Gasteiger partial charge in [0, 0.05) is 7.11 Å². The number of hydrogen-bond donors (Lipinski definition) is 1. The summed E-state index contributed by atoms with van der Waals surface area (Å²) in [6.07, 6.45) is 5.17. The lowest BCUT2D eigenvalue weighted by atomic mass is 9.91. The lowest BCUT2D eigenvalue weighted by Crippen LogP contribution is -2.37. The van der Waals surface area contributed by atoms with E-state index in [1.807, 2.05) is 6.92 Å². The quantitative estimate of drug-likeness (QED) is 0.858. The lowest BCUT2D eigenvalue weighted by molar-refractivity contribution is -0.0106. The summed E-state index contributed by atoms with van der Waals surface area (Å²) in [6, 6.07) is 0. The normalized spacial score (nSPS) is 26.5. The molecule has 1 saturated heterocycles. The molecule has 2 rings (SSSR count). The second-order valence-electron chi connectivity index (χ2n) is 5.57. The molecular weight excluding hydrogens is 242 g/mol. The maximum Gasteiger partial charge on any atom is 0.247 e. The van der Waals surface area contributed by atoms with Gasteiger partial charge in [-0.25, -0.2) is 0 Å². The van der Waals surface area contributed by atoms with Crippen LogP contribution in [0, 0.1) is 0 Å². The van der Waals surface area contributed by atoms with Gasteiger partial charge in [0.2, 0.25) is 11.7 Å². The molecule has 0 spiro atoms. The second kappa shape index (κ2) is 5.59. The fourth-order valence-electron chi connectivity index (χ4n) is 2.76. The van der Waals surface area contributed by atoms with Crippen molar-refractivity contribution in [3.8, 4) is 0 Å². The van der Waals surface area contributed by atoms with Crippen LogP contribution in [0.1, 0.15) is 64.6 Å². The number of nitrogens with one attached hydrogen (secondary N) is 1. The molecule has 0 saturated carbocycles. The van der Waals surface area contributed by atoms with Crippen LogP contribution in [0.3, 0.4) is 0 Å². The Bertz CT molecular complexity index is 407. The third kappa shape index (κ3) is 2.54. The van der Waals surface area contributed by atoms with Crippen LogP contribution in [-0.4, -0.2) is 23.8 Å². The summed E-state index contributed by atoms with van der Waals surface area (Å²) < 4.78 is 11.1. The van der Waals surface area contributed by atoms with E-state index in [1.54, 1.807) is 7.11 Å². The Hall–Kier alpha value is -0.940. The maximum absolute atomic E-state index is 5.55. The smallest absolute Gasteiger partial charge is 0.247 e. The number of methoxy groups -OCH3 is 1. The SMILES string of the molecule is CCCC1(c2nc(C(C)(CC)OC)no2)CCCN1. The highest BCUT2D eigenvalue weighted by Crippen LogP contribution is 2.35. The first-order valence-corrected chi connectivity index (χ1v) is 7.25. The van der Waals surface area contributed by atoms with Gasteiger partial charge in [0.05, 0.1) is 5.54 Å². The molecule has 0 bridgehead atoms. The molecule has 1 fully saturated rings. The lowest BCUT2D eigenvalue weighted by Gasteiger charge is -2.25. The van der Waals surface area contributed by atoms with Crippen LogP contribution >= 0.6 is 0 Å². The van der Waals surface area contributed by atoms with E-state index in [0.29, 0.717) is 5.82 Å². The molecule has 1 aromatic heterocycles. The zero-order valence-corrected chi connectivity index (χ0v) is 12.5. The number of ether oxygens (including phenoxy) is 1. The number of aromatic nitrogens is 2. The summed E-state index contributed by atoms with van der Waals surface area (Å²) in [7, 11) is 1.69. The summed E-state index contributed by atoms with van der Waals surface area (Å²) in [6.45, 7) is 7.27. The van der Waals surface area contributed by atoms with Crippen molar-refractivity contribution >= 4 is 0 Å². The first-order chi connectivity index (χ1) is 9.10. The van der Waals surface area contributed by atoms with E-state index in [2.05, 4.69) is 29.3 Å². The Kier molecular flexibility index (Phi) is 4.26. The Labute approximate surface area is 115 Å². The van der Waals surface area contributed by atoms with Crippen molar-refractivity contribution < 1.29 is 9.26 Å². The Morgan fingerprint density at radius 2 is 2.26 bits per heavy atom. The molecule has 108 valence electrons. The molecule has 0 aliphatic carbocycles. The summed E-state index contributed by atoms with van der Waals surface area (Å²) in [5, 5.41) is 7.70. The van der Waals surface area contributed by atoms with Gasteiger partial charge < -0.3 is 14.6 Å². The minimum atomic E-state index is -0.465. The first kappa shape index (κ1) is 14.5. The molecule has 5 nitrogen and oxygen atoms in total. The molecule has 19 heavy (non-hydrogen) atoms. The number of nitrogens with zero attached hydrogens (tertiary/aromatic N) is 2. The van der Waals surface area contributed by atoms with Crippen LogP contribution in [0.2, 0.25) is 0 Å². The Morgan fingerprint density at radius 1 is 1.47 bits per heavy atom. The fraction of sp³-hybridized carbons (Fsp3) is 0.857. The fourth-order valence-corrected chi connectivity index (χ4v) is 2.76. The molecule has 1 aromatic rings. The monoisotopic (exact) mass is 267 g/mol. The topological polar surface area (TPSA) is 60.2 Å². The second-order valence-corrected chi connectivity index (χ2v) is 5.57. The van der Waals surface area contributed by atoms with Crippen LogP contribution in [0.15, 0.2) is 4.52 Å². The van der Waals surface area contributed by atoms with Crippen molar-refractivity contribution in [1.29, 1.82) is 0 Å². The van der Waals surface area contributed by atoms with Crippen LogP contribution in [0.4, 0.5) is 0 Å². The van der Waals surface area contributed by atoms with Crippen LogP contribution in [0.25, 0.3) is 0 Å². The molecule has 0 amide bonds. The van der Waals surface area contributed by atoms with Crippen LogP contribution < -0.4 is 5.32 Å². The van der Waals surface area contributed by atoms with Gasteiger partial charge in [-0.05, 0) is 39.2 Å². The van der Waals surface area contributed by atoms with Gasteiger partial charge in [-0.3, -0.25) is 0 Å². The maximum atomic E-state index is 5.55. The Morgan fingerprint density at radius 3 is 2.79 bits per heavy atom. The summed E-state index contributed by atoms with van der Waals surface area (Å²) >= 11 is 0. The average molecular weight is 267 g/mol. The van der Waals surface area contributed by atoms with Crippen molar-refractivity contribution in [2.75, 3.05) is 13.7 Å². The molecule has 0 radical (unpaired) electrons. The Balaban J connectivity index is 2.29. The van der Waals surface area contributed by atoms with Gasteiger partial charge in [-0.1, -0.05) is 25.4 Å².